The Morgan fingerprint density at radius 2 is 1.76 bits per heavy atom. The van der Waals surface area contributed by atoms with Gasteiger partial charge in [0, 0.05) is 17.6 Å². The zero-order chi connectivity index (χ0) is 12.6. The van der Waals surface area contributed by atoms with E-state index in [-0.39, 0.29) is 10.3 Å². The molecule has 0 N–H and O–H groups in total. The second-order valence-electron chi connectivity index (χ2n) is 3.39. The summed E-state index contributed by atoms with van der Waals surface area (Å²) in [5, 5.41) is 0.479. The van der Waals surface area contributed by atoms with Gasteiger partial charge < -0.3 is 4.57 Å². The summed E-state index contributed by atoms with van der Waals surface area (Å²) < 4.78 is 1.33. The summed E-state index contributed by atoms with van der Waals surface area (Å²) in [5.41, 5.74) is 0.681. The van der Waals surface area contributed by atoms with Crippen LogP contribution in [-0.2, 0) is 7.05 Å². The first-order valence-electron chi connectivity index (χ1n) is 4.69. The first-order chi connectivity index (χ1) is 8.02. The molecule has 0 fully saturated rings. The molecule has 0 aliphatic heterocycles. The Morgan fingerprint density at radius 3 is 2.41 bits per heavy atom. The van der Waals surface area contributed by atoms with E-state index in [2.05, 4.69) is 4.98 Å². The quantitative estimate of drug-likeness (QED) is 0.806. The van der Waals surface area contributed by atoms with Crippen molar-refractivity contribution in [3.05, 3.63) is 49.9 Å². The zero-order valence-electron chi connectivity index (χ0n) is 8.75. The second-order valence-corrected chi connectivity index (χ2v) is 4.51. The monoisotopic (exact) mass is 288 g/mol. The summed E-state index contributed by atoms with van der Waals surface area (Å²) in [6, 6.07) is 7.07. The molecule has 1 aromatic heterocycles. The van der Waals surface area contributed by atoms with E-state index in [1.165, 1.54) is 4.57 Å². The van der Waals surface area contributed by atoms with Crippen LogP contribution in [0.4, 0.5) is 0 Å². The molecular weight excluding hydrogens is 282 g/mol. The Kier molecular flexibility index (Phi) is 3.43. The molecule has 17 heavy (non-hydrogen) atoms. The minimum atomic E-state index is -0.411. The van der Waals surface area contributed by atoms with Crippen molar-refractivity contribution in [3.63, 3.8) is 0 Å². The molecule has 0 bridgehead atoms. The maximum Gasteiger partial charge on any atom is 0.288 e. The predicted octanol–water partition coefficient (Wildman–Crippen LogP) is 3.41. The normalized spacial score (nSPS) is 10.6. The Hall–Kier alpha value is -1.03. The van der Waals surface area contributed by atoms with Crippen molar-refractivity contribution in [3.8, 4) is 11.3 Å². The standard InChI is InChI=1S/C11H7Cl3N2O/c1-16-8(6-4-2-3-5-7(6)12)9(13)15-10(14)11(16)17/h2-5H,1H3. The summed E-state index contributed by atoms with van der Waals surface area (Å²) in [7, 11) is 1.57. The molecule has 0 atom stereocenters. The smallest absolute Gasteiger partial charge is 0.288 e. The van der Waals surface area contributed by atoms with Gasteiger partial charge in [0.2, 0.25) is 0 Å². The highest BCUT2D eigenvalue weighted by atomic mass is 35.5. The number of benzene rings is 1. The van der Waals surface area contributed by atoms with Gasteiger partial charge in [-0.15, -0.1) is 0 Å². The highest BCUT2D eigenvalue weighted by molar-refractivity contribution is 6.36. The van der Waals surface area contributed by atoms with Gasteiger partial charge in [0.1, 0.15) is 0 Å². The van der Waals surface area contributed by atoms with Gasteiger partial charge in [-0.05, 0) is 6.07 Å². The maximum absolute atomic E-state index is 11.7. The number of halogens is 3. The van der Waals surface area contributed by atoms with E-state index >= 15 is 0 Å². The van der Waals surface area contributed by atoms with Gasteiger partial charge in [-0.1, -0.05) is 53.0 Å². The lowest BCUT2D eigenvalue weighted by Crippen LogP contribution is -2.20. The van der Waals surface area contributed by atoms with Crippen molar-refractivity contribution in [1.82, 2.24) is 9.55 Å². The molecule has 1 aromatic carbocycles. The van der Waals surface area contributed by atoms with Gasteiger partial charge in [-0.2, -0.15) is 0 Å². The molecule has 6 heteroatoms. The van der Waals surface area contributed by atoms with Crippen LogP contribution in [0.2, 0.25) is 15.3 Å². The minimum absolute atomic E-state index is 0.144. The average molecular weight is 290 g/mol. The maximum atomic E-state index is 11.7. The fraction of sp³-hybridized carbons (Fsp3) is 0.0909. The van der Waals surface area contributed by atoms with Crippen LogP contribution in [0.25, 0.3) is 11.3 Å². The van der Waals surface area contributed by atoms with Crippen molar-refractivity contribution in [2.45, 2.75) is 0 Å². The summed E-state index contributed by atoms with van der Waals surface area (Å²) in [6.07, 6.45) is 0. The van der Waals surface area contributed by atoms with E-state index in [4.69, 9.17) is 34.8 Å². The van der Waals surface area contributed by atoms with Crippen LogP contribution in [0.15, 0.2) is 29.1 Å². The van der Waals surface area contributed by atoms with E-state index < -0.39 is 5.56 Å². The van der Waals surface area contributed by atoms with Crippen LogP contribution in [0.5, 0.6) is 0 Å². The Morgan fingerprint density at radius 1 is 1.12 bits per heavy atom. The Bertz CT molecular complexity index is 637. The molecule has 0 saturated carbocycles. The number of rotatable bonds is 1. The topological polar surface area (TPSA) is 34.9 Å². The predicted molar refractivity (Wildman–Crippen MR) is 69.9 cm³/mol. The van der Waals surface area contributed by atoms with Gasteiger partial charge in [0.05, 0.1) is 5.69 Å². The average Bonchev–Trinajstić information content (AvgIpc) is 2.29. The van der Waals surface area contributed by atoms with Crippen LogP contribution in [0.3, 0.4) is 0 Å². The van der Waals surface area contributed by atoms with Crippen molar-refractivity contribution < 1.29 is 0 Å². The number of hydrogen-bond donors (Lipinski definition) is 0. The van der Waals surface area contributed by atoms with Crippen LogP contribution >= 0.6 is 34.8 Å². The van der Waals surface area contributed by atoms with Crippen molar-refractivity contribution in [2.75, 3.05) is 0 Å². The molecule has 3 nitrogen and oxygen atoms in total. The second kappa shape index (κ2) is 4.69. The van der Waals surface area contributed by atoms with Gasteiger partial charge in [0.25, 0.3) is 5.56 Å². The number of aromatic nitrogens is 2. The van der Waals surface area contributed by atoms with E-state index in [0.29, 0.717) is 16.3 Å². The SMILES string of the molecule is Cn1c(-c2ccccc2Cl)c(Cl)nc(Cl)c1=O. The van der Waals surface area contributed by atoms with E-state index in [0.717, 1.165) is 0 Å². The fourth-order valence-corrected chi connectivity index (χ4v) is 2.30. The van der Waals surface area contributed by atoms with Crippen LogP contribution < -0.4 is 5.56 Å². The molecule has 2 aromatic rings. The minimum Gasteiger partial charge on any atom is -0.306 e. The lowest BCUT2D eigenvalue weighted by Gasteiger charge is -2.11. The summed E-state index contributed by atoms with van der Waals surface area (Å²) >= 11 is 17.7. The Balaban J connectivity index is 2.82. The van der Waals surface area contributed by atoms with Crippen molar-refractivity contribution in [1.29, 1.82) is 0 Å². The van der Waals surface area contributed by atoms with Crippen LogP contribution in [-0.4, -0.2) is 9.55 Å². The van der Waals surface area contributed by atoms with Crippen molar-refractivity contribution >= 4 is 34.8 Å². The van der Waals surface area contributed by atoms with Crippen molar-refractivity contribution in [2.24, 2.45) is 7.05 Å². The molecule has 0 spiro atoms. The molecule has 0 saturated heterocycles. The molecule has 0 aliphatic carbocycles. The zero-order valence-corrected chi connectivity index (χ0v) is 11.0. The highest BCUT2D eigenvalue weighted by Gasteiger charge is 2.15. The summed E-state index contributed by atoms with van der Waals surface area (Å²) in [5.74, 6) is 0. The fourth-order valence-electron chi connectivity index (χ4n) is 1.51. The number of nitrogens with zero attached hydrogens (tertiary/aromatic N) is 2. The Labute approximate surface area is 113 Å². The van der Waals surface area contributed by atoms with E-state index in [9.17, 15) is 4.79 Å². The van der Waals surface area contributed by atoms with Gasteiger partial charge in [0.15, 0.2) is 10.3 Å². The van der Waals surface area contributed by atoms with Gasteiger partial charge in [-0.25, -0.2) is 4.98 Å². The largest absolute Gasteiger partial charge is 0.306 e. The molecule has 0 radical (unpaired) electrons. The van der Waals surface area contributed by atoms with Crippen LogP contribution in [0, 0.1) is 0 Å². The van der Waals surface area contributed by atoms with Gasteiger partial charge in [-0.3, -0.25) is 4.79 Å². The summed E-state index contributed by atoms with van der Waals surface area (Å²) in [6.45, 7) is 0. The molecule has 1 heterocycles. The third-order valence-electron chi connectivity index (χ3n) is 2.34. The molecule has 88 valence electrons. The third kappa shape index (κ3) is 2.18. The molecule has 2 rings (SSSR count). The molecule has 0 amide bonds. The molecule has 0 unspecified atom stereocenters. The van der Waals surface area contributed by atoms with E-state index in [1.54, 1.807) is 31.3 Å². The molecular formula is C11H7Cl3N2O. The first kappa shape index (κ1) is 12.4. The lowest BCUT2D eigenvalue weighted by molar-refractivity contribution is 0.852. The first-order valence-corrected chi connectivity index (χ1v) is 5.82. The van der Waals surface area contributed by atoms with E-state index in [1.807, 2.05) is 0 Å². The number of hydrogen-bond acceptors (Lipinski definition) is 2. The summed E-state index contributed by atoms with van der Waals surface area (Å²) in [4.78, 5) is 15.5. The van der Waals surface area contributed by atoms with Gasteiger partial charge >= 0.3 is 0 Å². The molecule has 0 aliphatic rings. The van der Waals surface area contributed by atoms with Crippen LogP contribution in [0.1, 0.15) is 0 Å². The highest BCUT2D eigenvalue weighted by Crippen LogP contribution is 2.31. The lowest BCUT2D eigenvalue weighted by atomic mass is 10.1. The third-order valence-corrected chi connectivity index (χ3v) is 3.18.